The Morgan fingerprint density at radius 1 is 1.29 bits per heavy atom. The maximum atomic E-state index is 12.4. The van der Waals surface area contributed by atoms with E-state index in [1.165, 1.54) is 0 Å². The molecule has 0 heterocycles. The Hall–Kier alpha value is -1.20. The minimum atomic E-state index is -1.27. The molecular weight excluding hydrogens is 286 g/mol. The van der Waals surface area contributed by atoms with Gasteiger partial charge in [0.25, 0.3) is 0 Å². The molecule has 0 fully saturated rings. The lowest BCUT2D eigenvalue weighted by molar-refractivity contribution is -0.148. The summed E-state index contributed by atoms with van der Waals surface area (Å²) in [5.41, 5.74) is 0.927. The topological polar surface area (TPSA) is 55.4 Å². The van der Waals surface area contributed by atoms with E-state index >= 15 is 0 Å². The lowest BCUT2D eigenvalue weighted by Crippen LogP contribution is -2.40. The minimum Gasteiger partial charge on any atom is -0.466 e. The van der Waals surface area contributed by atoms with Gasteiger partial charge in [0.1, 0.15) is 0 Å². The molecule has 5 heteroatoms. The van der Waals surface area contributed by atoms with Crippen molar-refractivity contribution in [1.29, 1.82) is 0 Å². The van der Waals surface area contributed by atoms with Gasteiger partial charge >= 0.3 is 5.97 Å². The summed E-state index contributed by atoms with van der Waals surface area (Å²) in [5.74, 6) is -0.705. The quantitative estimate of drug-likeness (QED) is 0.822. The summed E-state index contributed by atoms with van der Waals surface area (Å²) in [5, 5.41) is 0. The molecule has 0 amide bonds. The van der Waals surface area contributed by atoms with Gasteiger partial charge in [-0.1, -0.05) is 37.3 Å². The molecule has 21 heavy (non-hydrogen) atoms. The number of benzene rings is 1. The number of hydrogen-bond acceptors (Lipinski definition) is 3. The zero-order valence-electron chi connectivity index (χ0n) is 13.4. The largest absolute Gasteiger partial charge is 0.466 e. The summed E-state index contributed by atoms with van der Waals surface area (Å²) in [4.78, 5) is 12.0. The van der Waals surface area contributed by atoms with E-state index in [1.807, 2.05) is 51.1 Å². The molecule has 1 aromatic rings. The Bertz CT molecular complexity index is 482. The van der Waals surface area contributed by atoms with E-state index in [2.05, 4.69) is 4.72 Å². The molecule has 0 unspecified atom stereocenters. The van der Waals surface area contributed by atoms with Crippen molar-refractivity contribution in [2.75, 3.05) is 6.61 Å². The summed E-state index contributed by atoms with van der Waals surface area (Å²) in [6.07, 6.45) is 0. The van der Waals surface area contributed by atoms with Crippen LogP contribution in [0.4, 0.5) is 0 Å². The van der Waals surface area contributed by atoms with Gasteiger partial charge < -0.3 is 4.74 Å². The Morgan fingerprint density at radius 2 is 1.86 bits per heavy atom. The van der Waals surface area contributed by atoms with Gasteiger partial charge in [-0.2, -0.15) is 0 Å². The van der Waals surface area contributed by atoms with Gasteiger partial charge in [0.15, 0.2) is 0 Å². The number of nitrogens with one attached hydrogen (secondary N) is 1. The highest BCUT2D eigenvalue weighted by Gasteiger charge is 2.31. The smallest absolute Gasteiger partial charge is 0.310 e. The molecule has 0 saturated heterocycles. The maximum absolute atomic E-state index is 12.4. The first-order valence-electron chi connectivity index (χ1n) is 7.17. The summed E-state index contributed by atoms with van der Waals surface area (Å²) < 4.78 is 20.2. The number of esters is 1. The summed E-state index contributed by atoms with van der Waals surface area (Å²) in [7, 11) is -1.27. The normalized spacial score (nSPS) is 16.0. The predicted molar refractivity (Wildman–Crippen MR) is 86.0 cm³/mol. The minimum absolute atomic E-state index is 0.287. The highest BCUT2D eigenvalue weighted by Crippen LogP contribution is 2.25. The van der Waals surface area contributed by atoms with Crippen LogP contribution in [-0.2, 0) is 20.5 Å². The molecular formula is C16H25NO3S. The Morgan fingerprint density at radius 3 is 2.33 bits per heavy atom. The molecule has 0 bridgehead atoms. The van der Waals surface area contributed by atoms with E-state index in [-0.39, 0.29) is 12.0 Å². The van der Waals surface area contributed by atoms with Crippen molar-refractivity contribution in [1.82, 2.24) is 4.72 Å². The zero-order chi connectivity index (χ0) is 16.0. The van der Waals surface area contributed by atoms with Crippen LogP contribution in [0.3, 0.4) is 0 Å². The van der Waals surface area contributed by atoms with E-state index in [0.717, 1.165) is 5.56 Å². The molecule has 0 aromatic heterocycles. The van der Waals surface area contributed by atoms with Crippen LogP contribution < -0.4 is 4.72 Å². The third-order valence-electron chi connectivity index (χ3n) is 3.11. The van der Waals surface area contributed by atoms with Crippen LogP contribution >= 0.6 is 0 Å². The summed E-state index contributed by atoms with van der Waals surface area (Å²) >= 11 is 0. The van der Waals surface area contributed by atoms with Crippen LogP contribution in [0.15, 0.2) is 30.3 Å². The first-order valence-corrected chi connectivity index (χ1v) is 8.32. The number of ether oxygens (including phenoxy) is 1. The van der Waals surface area contributed by atoms with Crippen molar-refractivity contribution in [3.63, 3.8) is 0 Å². The van der Waals surface area contributed by atoms with Crippen molar-refractivity contribution < 1.29 is 13.7 Å². The molecule has 3 atom stereocenters. The predicted octanol–water partition coefficient (Wildman–Crippen LogP) is 2.98. The number of carbonyl (C=O) groups is 1. The second kappa shape index (κ2) is 7.71. The molecule has 0 radical (unpaired) electrons. The molecule has 0 aliphatic rings. The molecule has 0 saturated carbocycles. The lowest BCUT2D eigenvalue weighted by atomic mass is 9.95. The molecule has 1 N–H and O–H groups in total. The van der Waals surface area contributed by atoms with E-state index < -0.39 is 21.7 Å². The fourth-order valence-corrected chi connectivity index (χ4v) is 2.75. The average Bonchev–Trinajstić information content (AvgIpc) is 2.44. The monoisotopic (exact) mass is 311 g/mol. The van der Waals surface area contributed by atoms with E-state index in [9.17, 15) is 9.00 Å². The molecule has 4 nitrogen and oxygen atoms in total. The van der Waals surface area contributed by atoms with Gasteiger partial charge in [-0.05, 0) is 33.3 Å². The highest BCUT2D eigenvalue weighted by molar-refractivity contribution is 7.84. The van der Waals surface area contributed by atoms with Gasteiger partial charge in [0.2, 0.25) is 0 Å². The summed E-state index contributed by atoms with van der Waals surface area (Å²) in [6.45, 7) is 9.60. The number of hydrogen-bond donors (Lipinski definition) is 1. The Labute approximate surface area is 129 Å². The van der Waals surface area contributed by atoms with Crippen molar-refractivity contribution in [2.24, 2.45) is 5.92 Å². The highest BCUT2D eigenvalue weighted by atomic mass is 32.2. The average molecular weight is 311 g/mol. The third-order valence-corrected chi connectivity index (χ3v) is 4.69. The van der Waals surface area contributed by atoms with E-state index in [4.69, 9.17) is 4.74 Å². The second-order valence-electron chi connectivity index (χ2n) is 5.93. The SMILES string of the molecule is CCOC(=O)[C@@H](C)[C@@H](N[S@](=O)C(C)(C)C)c1ccccc1. The summed E-state index contributed by atoms with van der Waals surface area (Å²) in [6, 6.07) is 9.23. The van der Waals surface area contributed by atoms with Crippen LogP contribution in [0.1, 0.15) is 46.2 Å². The fourth-order valence-electron chi connectivity index (χ4n) is 1.82. The van der Waals surface area contributed by atoms with Crippen molar-refractivity contribution in [2.45, 2.75) is 45.4 Å². The standard InChI is InChI=1S/C16H25NO3S/c1-6-20-15(18)12(2)14(13-10-8-7-9-11-13)17-21(19)16(3,4)5/h7-12,14,17H,6H2,1-5H3/t12-,14+,21+/m0/s1. The van der Waals surface area contributed by atoms with E-state index in [0.29, 0.717) is 6.61 Å². The first kappa shape index (κ1) is 17.9. The molecule has 0 spiro atoms. The van der Waals surface area contributed by atoms with Crippen LogP contribution in [0.2, 0.25) is 0 Å². The zero-order valence-corrected chi connectivity index (χ0v) is 14.2. The molecule has 1 rings (SSSR count). The number of carbonyl (C=O) groups excluding carboxylic acids is 1. The Balaban J connectivity index is 3.01. The van der Waals surface area contributed by atoms with Crippen LogP contribution in [0, 0.1) is 5.92 Å². The molecule has 0 aliphatic heterocycles. The van der Waals surface area contributed by atoms with E-state index in [1.54, 1.807) is 13.8 Å². The molecule has 1 aromatic carbocycles. The lowest BCUT2D eigenvalue weighted by Gasteiger charge is -2.27. The van der Waals surface area contributed by atoms with Gasteiger partial charge in [0.05, 0.1) is 34.3 Å². The van der Waals surface area contributed by atoms with Gasteiger partial charge in [0, 0.05) is 0 Å². The molecule has 118 valence electrons. The van der Waals surface area contributed by atoms with Crippen LogP contribution in [0.25, 0.3) is 0 Å². The van der Waals surface area contributed by atoms with Crippen LogP contribution in [-0.4, -0.2) is 21.5 Å². The first-order chi connectivity index (χ1) is 9.77. The third kappa shape index (κ3) is 5.25. The molecule has 0 aliphatic carbocycles. The van der Waals surface area contributed by atoms with Crippen molar-refractivity contribution in [3.8, 4) is 0 Å². The number of rotatable bonds is 6. The van der Waals surface area contributed by atoms with Crippen LogP contribution in [0.5, 0.6) is 0 Å². The second-order valence-corrected chi connectivity index (χ2v) is 7.93. The maximum Gasteiger partial charge on any atom is 0.310 e. The van der Waals surface area contributed by atoms with Crippen molar-refractivity contribution >= 4 is 17.0 Å². The van der Waals surface area contributed by atoms with Gasteiger partial charge in [-0.25, -0.2) is 8.93 Å². The van der Waals surface area contributed by atoms with Gasteiger partial charge in [-0.3, -0.25) is 4.79 Å². The van der Waals surface area contributed by atoms with Crippen molar-refractivity contribution in [3.05, 3.63) is 35.9 Å². The Kier molecular flexibility index (Phi) is 6.55. The fraction of sp³-hybridized carbons (Fsp3) is 0.562. The van der Waals surface area contributed by atoms with Gasteiger partial charge in [-0.15, -0.1) is 0 Å².